The highest BCUT2D eigenvalue weighted by atomic mass is 127. The van der Waals surface area contributed by atoms with E-state index in [2.05, 4.69) is 36.0 Å². The largest absolute Gasteiger partial charge is 0.373 e. The van der Waals surface area contributed by atoms with E-state index in [0.29, 0.717) is 6.04 Å². The van der Waals surface area contributed by atoms with Crippen LogP contribution in [-0.4, -0.2) is 74.3 Å². The van der Waals surface area contributed by atoms with Crippen LogP contribution >= 0.6 is 24.0 Å². The molecule has 6 heteroatoms. The number of nitrogens with one attached hydrogen (secondary N) is 1. The van der Waals surface area contributed by atoms with E-state index < -0.39 is 0 Å². The van der Waals surface area contributed by atoms with Gasteiger partial charge >= 0.3 is 0 Å². The Hall–Kier alpha value is -0.0800. The van der Waals surface area contributed by atoms with Crippen LogP contribution in [-0.2, 0) is 4.74 Å². The standard InChI is InChI=1S/C16H32N4O.HI/c1-4-6-9-19(3)16(17-5-2)18-11-15-12-20-10-7-8-14(20)13-21-15;/h14-15H,4-13H2,1-3H3,(H,17,18);1H. The van der Waals surface area contributed by atoms with Crippen molar-refractivity contribution in [1.82, 2.24) is 15.1 Å². The molecule has 2 atom stereocenters. The molecule has 0 aromatic heterocycles. The predicted molar refractivity (Wildman–Crippen MR) is 103 cm³/mol. The molecule has 1 N–H and O–H groups in total. The maximum Gasteiger partial charge on any atom is 0.193 e. The molecule has 0 aliphatic carbocycles. The SMILES string of the molecule is CCCCN(C)C(=NCC1CN2CCCC2CO1)NCC.I. The molecule has 0 amide bonds. The van der Waals surface area contributed by atoms with Crippen LogP contribution < -0.4 is 5.32 Å². The van der Waals surface area contributed by atoms with Gasteiger partial charge in [-0.05, 0) is 32.7 Å². The van der Waals surface area contributed by atoms with Gasteiger partial charge in [-0.3, -0.25) is 9.89 Å². The number of unbranched alkanes of at least 4 members (excludes halogenated alkanes) is 1. The zero-order valence-corrected chi connectivity index (χ0v) is 16.7. The number of rotatable bonds is 6. The van der Waals surface area contributed by atoms with Crippen molar-refractivity contribution in [2.45, 2.75) is 51.7 Å². The minimum absolute atomic E-state index is 0. The zero-order chi connectivity index (χ0) is 15.1. The second-order valence-electron chi connectivity index (χ2n) is 6.22. The highest BCUT2D eigenvalue weighted by Gasteiger charge is 2.32. The number of aliphatic imine (C=N–C) groups is 1. The molecular weight excluding hydrogens is 391 g/mol. The van der Waals surface area contributed by atoms with Crippen LogP contribution in [0.15, 0.2) is 4.99 Å². The molecule has 2 unspecified atom stereocenters. The van der Waals surface area contributed by atoms with E-state index in [1.54, 1.807) is 0 Å². The fourth-order valence-electron chi connectivity index (χ4n) is 3.16. The molecule has 2 fully saturated rings. The molecular formula is C16H33IN4O. The Balaban J connectivity index is 0.00000242. The molecule has 0 radical (unpaired) electrons. The monoisotopic (exact) mass is 424 g/mol. The van der Waals surface area contributed by atoms with Gasteiger partial charge < -0.3 is 15.0 Å². The molecule has 0 spiro atoms. The second kappa shape index (κ2) is 10.6. The van der Waals surface area contributed by atoms with Gasteiger partial charge in [0.1, 0.15) is 0 Å². The normalized spacial score (nSPS) is 25.5. The summed E-state index contributed by atoms with van der Waals surface area (Å²) in [7, 11) is 2.12. The average molecular weight is 424 g/mol. The van der Waals surface area contributed by atoms with Crippen LogP contribution in [0.5, 0.6) is 0 Å². The topological polar surface area (TPSA) is 40.1 Å². The van der Waals surface area contributed by atoms with E-state index in [4.69, 9.17) is 9.73 Å². The van der Waals surface area contributed by atoms with Gasteiger partial charge in [-0.15, -0.1) is 24.0 Å². The zero-order valence-electron chi connectivity index (χ0n) is 14.4. The Labute approximate surface area is 152 Å². The lowest BCUT2D eigenvalue weighted by Crippen LogP contribution is -2.47. The van der Waals surface area contributed by atoms with Crippen molar-refractivity contribution in [1.29, 1.82) is 0 Å². The molecule has 2 rings (SSSR count). The summed E-state index contributed by atoms with van der Waals surface area (Å²) < 4.78 is 5.99. The van der Waals surface area contributed by atoms with Gasteiger partial charge in [0.25, 0.3) is 0 Å². The number of ether oxygens (including phenoxy) is 1. The fourth-order valence-corrected chi connectivity index (χ4v) is 3.16. The summed E-state index contributed by atoms with van der Waals surface area (Å²) >= 11 is 0. The van der Waals surface area contributed by atoms with E-state index in [1.807, 2.05) is 0 Å². The summed E-state index contributed by atoms with van der Waals surface area (Å²) in [6, 6.07) is 0.672. The van der Waals surface area contributed by atoms with Crippen LogP contribution in [0.25, 0.3) is 0 Å². The van der Waals surface area contributed by atoms with Crippen LogP contribution in [0.3, 0.4) is 0 Å². The summed E-state index contributed by atoms with van der Waals surface area (Å²) in [5.41, 5.74) is 0. The first-order valence-corrected chi connectivity index (χ1v) is 8.59. The van der Waals surface area contributed by atoms with Crippen LogP contribution in [0.2, 0.25) is 0 Å². The van der Waals surface area contributed by atoms with Crippen LogP contribution in [0, 0.1) is 0 Å². The molecule has 0 saturated carbocycles. The van der Waals surface area contributed by atoms with Gasteiger partial charge in [0.15, 0.2) is 5.96 Å². The van der Waals surface area contributed by atoms with Gasteiger partial charge in [0, 0.05) is 32.7 Å². The van der Waals surface area contributed by atoms with Crippen molar-refractivity contribution in [3.8, 4) is 0 Å². The smallest absolute Gasteiger partial charge is 0.193 e. The number of hydrogen-bond acceptors (Lipinski definition) is 3. The van der Waals surface area contributed by atoms with Gasteiger partial charge in [0.05, 0.1) is 19.3 Å². The van der Waals surface area contributed by atoms with Crippen molar-refractivity contribution in [2.24, 2.45) is 4.99 Å². The Morgan fingerprint density at radius 2 is 2.23 bits per heavy atom. The van der Waals surface area contributed by atoms with Gasteiger partial charge in [-0.1, -0.05) is 13.3 Å². The molecule has 5 nitrogen and oxygen atoms in total. The summed E-state index contributed by atoms with van der Waals surface area (Å²) in [5.74, 6) is 1.01. The number of fused-ring (bicyclic) bond motifs is 1. The van der Waals surface area contributed by atoms with Crippen molar-refractivity contribution in [3.63, 3.8) is 0 Å². The van der Waals surface area contributed by atoms with E-state index in [1.165, 1.54) is 32.2 Å². The number of guanidine groups is 1. The first kappa shape index (κ1) is 20.0. The number of halogens is 1. The Kier molecular flexibility index (Phi) is 9.66. The average Bonchev–Trinajstić information content (AvgIpc) is 2.96. The fraction of sp³-hybridized carbons (Fsp3) is 0.938. The van der Waals surface area contributed by atoms with E-state index in [9.17, 15) is 0 Å². The van der Waals surface area contributed by atoms with E-state index in [-0.39, 0.29) is 30.1 Å². The lowest BCUT2D eigenvalue weighted by molar-refractivity contribution is -0.0432. The van der Waals surface area contributed by atoms with Crippen molar-refractivity contribution >= 4 is 29.9 Å². The number of hydrogen-bond donors (Lipinski definition) is 1. The molecule has 2 aliphatic rings. The Bertz CT molecular complexity index is 340. The predicted octanol–water partition coefficient (Wildman–Crippen LogP) is 2.17. The highest BCUT2D eigenvalue weighted by Crippen LogP contribution is 2.22. The highest BCUT2D eigenvalue weighted by molar-refractivity contribution is 14.0. The molecule has 130 valence electrons. The third-order valence-corrected chi connectivity index (χ3v) is 4.45. The third-order valence-electron chi connectivity index (χ3n) is 4.45. The minimum Gasteiger partial charge on any atom is -0.373 e. The Morgan fingerprint density at radius 1 is 1.41 bits per heavy atom. The molecule has 0 bridgehead atoms. The van der Waals surface area contributed by atoms with Crippen molar-refractivity contribution < 1.29 is 4.74 Å². The summed E-state index contributed by atoms with van der Waals surface area (Å²) in [4.78, 5) is 9.60. The van der Waals surface area contributed by atoms with Crippen LogP contribution in [0.1, 0.15) is 39.5 Å². The lowest BCUT2D eigenvalue weighted by atomic mass is 10.2. The van der Waals surface area contributed by atoms with Gasteiger partial charge in [-0.25, -0.2) is 0 Å². The quantitative estimate of drug-likeness (QED) is 0.403. The molecule has 2 aliphatic heterocycles. The second-order valence-corrected chi connectivity index (χ2v) is 6.22. The summed E-state index contributed by atoms with van der Waals surface area (Å²) in [6.07, 6.45) is 5.31. The van der Waals surface area contributed by atoms with Gasteiger partial charge in [-0.2, -0.15) is 0 Å². The third kappa shape index (κ3) is 5.85. The van der Waals surface area contributed by atoms with Gasteiger partial charge in [0.2, 0.25) is 0 Å². The molecule has 2 heterocycles. The lowest BCUT2D eigenvalue weighted by Gasteiger charge is -2.34. The first-order valence-electron chi connectivity index (χ1n) is 8.59. The minimum atomic E-state index is 0. The first-order chi connectivity index (χ1) is 10.2. The number of morpholine rings is 1. The summed E-state index contributed by atoms with van der Waals surface area (Å²) in [6.45, 7) is 10.3. The maximum atomic E-state index is 5.99. The molecule has 0 aromatic rings. The van der Waals surface area contributed by atoms with Crippen LogP contribution in [0.4, 0.5) is 0 Å². The van der Waals surface area contributed by atoms with Crippen molar-refractivity contribution in [3.05, 3.63) is 0 Å². The van der Waals surface area contributed by atoms with Crippen molar-refractivity contribution in [2.75, 3.05) is 46.4 Å². The van der Waals surface area contributed by atoms with E-state index in [0.717, 1.165) is 38.7 Å². The Morgan fingerprint density at radius 3 is 2.95 bits per heavy atom. The number of nitrogens with zero attached hydrogens (tertiary/aromatic N) is 3. The molecule has 0 aromatic carbocycles. The summed E-state index contributed by atoms with van der Waals surface area (Å²) in [5, 5.41) is 3.38. The molecule has 2 saturated heterocycles. The maximum absolute atomic E-state index is 5.99. The molecule has 22 heavy (non-hydrogen) atoms. The van der Waals surface area contributed by atoms with E-state index >= 15 is 0 Å².